The number of benzene rings is 2. The Bertz CT molecular complexity index is 863. The molecule has 0 aliphatic carbocycles. The number of carbonyl (C=O) groups excluding carboxylic acids is 2. The van der Waals surface area contributed by atoms with E-state index in [1.165, 1.54) is 5.56 Å². The average molecular weight is 382 g/mol. The number of hydrogen-bond donors (Lipinski definition) is 3. The van der Waals surface area contributed by atoms with Gasteiger partial charge in [-0.05, 0) is 35.2 Å². The van der Waals surface area contributed by atoms with E-state index in [9.17, 15) is 14.4 Å². The molecule has 1 atom stereocenters. The minimum atomic E-state index is -1.09. The number of anilines is 1. The van der Waals surface area contributed by atoms with Gasteiger partial charge in [0, 0.05) is 5.69 Å². The lowest BCUT2D eigenvalue weighted by atomic mass is 9.95. The molecule has 0 bridgehead atoms. The van der Waals surface area contributed by atoms with Gasteiger partial charge in [0.05, 0.1) is 25.6 Å². The molecule has 3 rings (SSSR count). The highest BCUT2D eigenvalue weighted by Gasteiger charge is 2.23. The molecule has 0 saturated heterocycles. The maximum atomic E-state index is 12.4. The second-order valence-electron chi connectivity index (χ2n) is 6.60. The van der Waals surface area contributed by atoms with Crippen LogP contribution in [0.15, 0.2) is 48.5 Å². The minimum Gasteiger partial charge on any atom is -0.480 e. The summed E-state index contributed by atoms with van der Waals surface area (Å²) in [5.74, 6) is -1.60. The summed E-state index contributed by atoms with van der Waals surface area (Å²) in [6.07, 6.45) is 0.919. The zero-order valence-corrected chi connectivity index (χ0v) is 15.3. The van der Waals surface area contributed by atoms with E-state index in [4.69, 9.17) is 9.84 Å². The van der Waals surface area contributed by atoms with Gasteiger partial charge in [-0.25, -0.2) is 0 Å². The van der Waals surface area contributed by atoms with Gasteiger partial charge in [0.1, 0.15) is 6.54 Å². The van der Waals surface area contributed by atoms with E-state index >= 15 is 0 Å². The Balaban J connectivity index is 1.52. The number of carboxylic acids is 1. The summed E-state index contributed by atoms with van der Waals surface area (Å²) in [7, 11) is 0. The van der Waals surface area contributed by atoms with Crippen molar-refractivity contribution < 1.29 is 24.2 Å². The molecule has 0 aromatic heterocycles. The van der Waals surface area contributed by atoms with Gasteiger partial charge in [0.15, 0.2) is 0 Å². The van der Waals surface area contributed by atoms with Gasteiger partial charge in [-0.2, -0.15) is 0 Å². The fourth-order valence-corrected chi connectivity index (χ4v) is 3.15. The Morgan fingerprint density at radius 1 is 1.04 bits per heavy atom. The number of ether oxygens (including phenoxy) is 1. The lowest BCUT2D eigenvalue weighted by molar-refractivity contribution is -0.137. The van der Waals surface area contributed by atoms with E-state index in [-0.39, 0.29) is 30.8 Å². The number of nitrogens with one attached hydrogen (secondary N) is 2. The van der Waals surface area contributed by atoms with Gasteiger partial charge in [-0.1, -0.05) is 36.4 Å². The van der Waals surface area contributed by atoms with Crippen LogP contribution in [0.2, 0.25) is 0 Å². The third kappa shape index (κ3) is 5.40. The van der Waals surface area contributed by atoms with E-state index in [1.54, 1.807) is 24.3 Å². The molecule has 2 aromatic rings. The molecular formula is C21H22N2O5. The van der Waals surface area contributed by atoms with Crippen molar-refractivity contribution >= 4 is 23.5 Å². The van der Waals surface area contributed by atoms with Crippen LogP contribution in [-0.4, -0.2) is 36.0 Å². The fourth-order valence-electron chi connectivity index (χ4n) is 3.15. The average Bonchev–Trinajstić information content (AvgIpc) is 2.68. The predicted molar refractivity (Wildman–Crippen MR) is 103 cm³/mol. The Kier molecular flexibility index (Phi) is 6.39. The van der Waals surface area contributed by atoms with E-state index < -0.39 is 12.5 Å². The highest BCUT2D eigenvalue weighted by Crippen LogP contribution is 2.29. The van der Waals surface area contributed by atoms with Crippen LogP contribution in [0, 0.1) is 0 Å². The molecule has 0 spiro atoms. The molecule has 2 aromatic carbocycles. The first-order chi connectivity index (χ1) is 13.5. The molecule has 146 valence electrons. The minimum absolute atomic E-state index is 0.0776. The number of carboxylic acid groups (broad SMARTS) is 1. The smallest absolute Gasteiger partial charge is 0.322 e. The first-order valence-electron chi connectivity index (χ1n) is 9.08. The molecule has 1 heterocycles. The summed E-state index contributed by atoms with van der Waals surface area (Å²) in [6, 6.07) is 14.9. The molecule has 0 radical (unpaired) electrons. The van der Waals surface area contributed by atoms with Crippen molar-refractivity contribution in [1.29, 1.82) is 0 Å². The summed E-state index contributed by atoms with van der Waals surface area (Å²) in [5, 5.41) is 13.7. The van der Waals surface area contributed by atoms with Crippen LogP contribution in [0.1, 0.15) is 29.2 Å². The topological polar surface area (TPSA) is 105 Å². The third-order valence-electron chi connectivity index (χ3n) is 4.50. The van der Waals surface area contributed by atoms with Gasteiger partial charge in [0.25, 0.3) is 0 Å². The molecular weight excluding hydrogens is 360 g/mol. The Morgan fingerprint density at radius 2 is 1.79 bits per heavy atom. The van der Waals surface area contributed by atoms with Gasteiger partial charge >= 0.3 is 5.97 Å². The standard InChI is InChI=1S/C21H22N2O5/c24-19(22-13-21(26)27)11-14-5-7-16(8-6-14)23-20(25)12-18-17-4-2-1-3-15(17)9-10-28-18/h1-8,18H,9-13H2,(H,22,24)(H,23,25)(H,26,27). The van der Waals surface area contributed by atoms with E-state index in [1.807, 2.05) is 18.2 Å². The van der Waals surface area contributed by atoms with Crippen molar-refractivity contribution in [3.8, 4) is 0 Å². The van der Waals surface area contributed by atoms with E-state index in [0.717, 1.165) is 17.5 Å². The Morgan fingerprint density at radius 3 is 2.54 bits per heavy atom. The molecule has 1 aliphatic heterocycles. The summed E-state index contributed by atoms with van der Waals surface area (Å²) in [4.78, 5) is 34.5. The normalized spacial score (nSPS) is 15.4. The zero-order valence-electron chi connectivity index (χ0n) is 15.3. The third-order valence-corrected chi connectivity index (χ3v) is 4.50. The molecule has 0 fully saturated rings. The summed E-state index contributed by atoms with van der Waals surface area (Å²) in [5.41, 5.74) is 3.64. The Labute approximate surface area is 162 Å². The van der Waals surface area contributed by atoms with Crippen molar-refractivity contribution in [2.45, 2.75) is 25.4 Å². The maximum absolute atomic E-state index is 12.4. The van der Waals surface area contributed by atoms with Crippen molar-refractivity contribution in [2.75, 3.05) is 18.5 Å². The lowest BCUT2D eigenvalue weighted by Crippen LogP contribution is -2.30. The number of carbonyl (C=O) groups is 3. The second kappa shape index (κ2) is 9.14. The van der Waals surface area contributed by atoms with E-state index in [0.29, 0.717) is 12.3 Å². The summed E-state index contributed by atoms with van der Waals surface area (Å²) in [6.45, 7) is 0.201. The monoisotopic (exact) mass is 382 g/mol. The van der Waals surface area contributed by atoms with Gasteiger partial charge in [-0.15, -0.1) is 0 Å². The largest absolute Gasteiger partial charge is 0.480 e. The fraction of sp³-hybridized carbons (Fsp3) is 0.286. The van der Waals surface area contributed by atoms with Crippen molar-refractivity contribution in [3.63, 3.8) is 0 Å². The highest BCUT2D eigenvalue weighted by atomic mass is 16.5. The molecule has 1 unspecified atom stereocenters. The van der Waals surface area contributed by atoms with E-state index in [2.05, 4.69) is 16.7 Å². The maximum Gasteiger partial charge on any atom is 0.322 e. The van der Waals surface area contributed by atoms with Gasteiger partial charge in [-0.3, -0.25) is 14.4 Å². The molecule has 7 heteroatoms. The van der Waals surface area contributed by atoms with Gasteiger partial charge in [0.2, 0.25) is 11.8 Å². The first-order valence-corrected chi connectivity index (χ1v) is 9.08. The van der Waals surface area contributed by atoms with Crippen LogP contribution in [0.5, 0.6) is 0 Å². The highest BCUT2D eigenvalue weighted by molar-refractivity contribution is 5.91. The first kappa shape index (κ1) is 19.6. The van der Waals surface area contributed by atoms with Gasteiger partial charge < -0.3 is 20.5 Å². The molecule has 7 nitrogen and oxygen atoms in total. The quantitative estimate of drug-likeness (QED) is 0.680. The second-order valence-corrected chi connectivity index (χ2v) is 6.60. The number of fused-ring (bicyclic) bond motifs is 1. The zero-order chi connectivity index (χ0) is 19.9. The molecule has 28 heavy (non-hydrogen) atoms. The van der Waals surface area contributed by atoms with Crippen LogP contribution in [0.25, 0.3) is 0 Å². The number of aliphatic carboxylic acids is 1. The Hall–Kier alpha value is -3.19. The molecule has 0 saturated carbocycles. The number of amides is 2. The predicted octanol–water partition coefficient (Wildman–Crippen LogP) is 2.07. The molecule has 3 N–H and O–H groups in total. The van der Waals surface area contributed by atoms with Crippen molar-refractivity contribution in [3.05, 3.63) is 65.2 Å². The van der Waals surface area contributed by atoms with Crippen LogP contribution in [-0.2, 0) is 32.0 Å². The number of hydrogen-bond acceptors (Lipinski definition) is 4. The molecule has 2 amide bonds. The summed E-state index contributed by atoms with van der Waals surface area (Å²) >= 11 is 0. The van der Waals surface area contributed by atoms with Crippen LogP contribution < -0.4 is 10.6 Å². The number of rotatable bonds is 7. The molecule has 1 aliphatic rings. The van der Waals surface area contributed by atoms with Crippen molar-refractivity contribution in [1.82, 2.24) is 5.32 Å². The van der Waals surface area contributed by atoms with Crippen LogP contribution in [0.4, 0.5) is 5.69 Å². The SMILES string of the molecule is O=C(O)CNC(=O)Cc1ccc(NC(=O)CC2OCCc3ccccc32)cc1. The van der Waals surface area contributed by atoms with Crippen LogP contribution >= 0.6 is 0 Å². The summed E-state index contributed by atoms with van der Waals surface area (Å²) < 4.78 is 5.77. The lowest BCUT2D eigenvalue weighted by Gasteiger charge is -2.25. The van der Waals surface area contributed by atoms with Crippen LogP contribution in [0.3, 0.4) is 0 Å². The van der Waals surface area contributed by atoms with Crippen molar-refractivity contribution in [2.24, 2.45) is 0 Å².